The Bertz CT molecular complexity index is 1900. The van der Waals surface area contributed by atoms with E-state index in [1.807, 2.05) is 0 Å². The van der Waals surface area contributed by atoms with Crippen LogP contribution in [0.3, 0.4) is 0 Å². The molecule has 1 aliphatic rings. The summed E-state index contributed by atoms with van der Waals surface area (Å²) < 4.78 is 65.7. The monoisotopic (exact) mass is 578 g/mol. The van der Waals surface area contributed by atoms with Gasteiger partial charge in [0.25, 0.3) is 15.9 Å². The molecule has 4 aromatic rings. The second-order valence-corrected chi connectivity index (χ2v) is 12.2. The van der Waals surface area contributed by atoms with Gasteiger partial charge in [0.15, 0.2) is 5.78 Å². The molecule has 1 aliphatic heterocycles. The number of benzene rings is 4. The zero-order valence-electron chi connectivity index (χ0n) is 21.2. The minimum atomic E-state index is -4.11. The molecule has 204 valence electrons. The second kappa shape index (κ2) is 10.1. The third-order valence-corrected chi connectivity index (χ3v) is 9.49. The van der Waals surface area contributed by atoms with Gasteiger partial charge in [-0.25, -0.2) is 16.8 Å². The Morgan fingerprint density at radius 3 is 2.15 bits per heavy atom. The van der Waals surface area contributed by atoms with E-state index in [-0.39, 0.29) is 48.5 Å². The number of hydrogen-bond acceptors (Lipinski definition) is 8. The van der Waals surface area contributed by atoms with E-state index in [1.54, 1.807) is 24.3 Å². The first-order valence-corrected chi connectivity index (χ1v) is 14.7. The van der Waals surface area contributed by atoms with Crippen molar-refractivity contribution in [1.29, 1.82) is 0 Å². The smallest absolute Gasteiger partial charge is 0.262 e. The Kier molecular flexibility index (Phi) is 6.82. The first-order valence-electron chi connectivity index (χ1n) is 11.7. The molecule has 0 radical (unpaired) electrons. The first-order chi connectivity index (χ1) is 19.1. The summed E-state index contributed by atoms with van der Waals surface area (Å²) in [6.07, 6.45) is 0. The molecule has 0 aromatic heterocycles. The zero-order chi connectivity index (χ0) is 28.7. The molecule has 0 saturated heterocycles. The van der Waals surface area contributed by atoms with E-state index in [0.717, 1.165) is 6.07 Å². The summed E-state index contributed by atoms with van der Waals surface area (Å²) in [5.41, 5.74) is 0.215. The fourth-order valence-corrected chi connectivity index (χ4v) is 7.08. The molecule has 0 fully saturated rings. The van der Waals surface area contributed by atoms with Crippen molar-refractivity contribution in [1.82, 2.24) is 0 Å². The third kappa shape index (κ3) is 4.67. The van der Waals surface area contributed by atoms with Gasteiger partial charge in [0.2, 0.25) is 9.84 Å². The molecule has 1 heterocycles. The van der Waals surface area contributed by atoms with Gasteiger partial charge in [0.1, 0.15) is 11.5 Å². The molecular weight excluding hydrogens is 556 g/mol. The normalized spacial score (nSPS) is 13.5. The highest BCUT2D eigenvalue weighted by Gasteiger charge is 2.35. The van der Waals surface area contributed by atoms with Crippen LogP contribution in [0.15, 0.2) is 99.6 Å². The number of nitrogens with one attached hydrogen (secondary N) is 2. The van der Waals surface area contributed by atoms with Crippen molar-refractivity contribution in [2.24, 2.45) is 0 Å². The number of methoxy groups -OCH3 is 2. The van der Waals surface area contributed by atoms with Gasteiger partial charge in [0, 0.05) is 16.7 Å². The van der Waals surface area contributed by atoms with Crippen LogP contribution < -0.4 is 19.5 Å². The number of carbonyl (C=O) groups is 2. The molecule has 40 heavy (non-hydrogen) atoms. The molecule has 0 spiro atoms. The van der Waals surface area contributed by atoms with Gasteiger partial charge in [0.05, 0.1) is 40.3 Å². The van der Waals surface area contributed by atoms with Gasteiger partial charge >= 0.3 is 0 Å². The van der Waals surface area contributed by atoms with Crippen LogP contribution >= 0.6 is 0 Å². The maximum absolute atomic E-state index is 13.2. The fourth-order valence-electron chi connectivity index (χ4n) is 4.30. The maximum atomic E-state index is 13.2. The summed E-state index contributed by atoms with van der Waals surface area (Å²) >= 11 is 0. The molecule has 4 aromatic carbocycles. The zero-order valence-corrected chi connectivity index (χ0v) is 22.8. The summed E-state index contributed by atoms with van der Waals surface area (Å²) in [5.74, 6) is -0.722. The van der Waals surface area contributed by atoms with Gasteiger partial charge in [-0.2, -0.15) is 0 Å². The van der Waals surface area contributed by atoms with Crippen molar-refractivity contribution in [2.45, 2.75) is 14.7 Å². The number of ketones is 1. The van der Waals surface area contributed by atoms with E-state index in [1.165, 1.54) is 68.8 Å². The van der Waals surface area contributed by atoms with Crippen LogP contribution in [0.25, 0.3) is 0 Å². The number of para-hydroxylation sites is 2. The first kappa shape index (κ1) is 26.9. The minimum Gasteiger partial charge on any atom is -0.495 e. The highest BCUT2D eigenvalue weighted by molar-refractivity contribution is 7.92. The SMILES string of the molecule is COc1ccc(S(=O)(=O)Nc2ccccc2OC)cc1NC(=O)c1ccc2c(c1)S(=O)(=O)c1ccccc1C2=O. The van der Waals surface area contributed by atoms with Crippen molar-refractivity contribution >= 4 is 42.9 Å². The molecule has 0 unspecified atom stereocenters. The maximum Gasteiger partial charge on any atom is 0.262 e. The van der Waals surface area contributed by atoms with Gasteiger partial charge in [-0.05, 0) is 60.7 Å². The van der Waals surface area contributed by atoms with Crippen molar-refractivity contribution in [3.8, 4) is 11.5 Å². The average Bonchev–Trinajstić information content (AvgIpc) is 2.96. The quantitative estimate of drug-likeness (QED) is 0.293. The van der Waals surface area contributed by atoms with Crippen molar-refractivity contribution in [3.05, 3.63) is 102 Å². The Morgan fingerprint density at radius 2 is 1.40 bits per heavy atom. The van der Waals surface area contributed by atoms with Crippen LogP contribution in [0.5, 0.6) is 11.5 Å². The molecule has 1 amide bonds. The number of fused-ring (bicyclic) bond motifs is 2. The minimum absolute atomic E-state index is 0.0254. The Morgan fingerprint density at radius 1 is 0.750 bits per heavy atom. The summed E-state index contributed by atoms with van der Waals surface area (Å²) in [6.45, 7) is 0. The van der Waals surface area contributed by atoms with E-state index in [9.17, 15) is 26.4 Å². The number of anilines is 2. The van der Waals surface area contributed by atoms with E-state index in [4.69, 9.17) is 9.47 Å². The average molecular weight is 579 g/mol. The highest BCUT2D eigenvalue weighted by Crippen LogP contribution is 2.35. The van der Waals surface area contributed by atoms with Crippen molar-refractivity contribution in [3.63, 3.8) is 0 Å². The largest absolute Gasteiger partial charge is 0.495 e. The van der Waals surface area contributed by atoms with Gasteiger partial charge in [-0.15, -0.1) is 0 Å². The predicted octanol–water partition coefficient (Wildman–Crippen LogP) is 4.13. The molecule has 12 heteroatoms. The number of ether oxygens (including phenoxy) is 2. The topological polar surface area (TPSA) is 145 Å². The fraction of sp³-hybridized carbons (Fsp3) is 0.0714. The van der Waals surface area contributed by atoms with Crippen molar-refractivity contribution < 1.29 is 35.9 Å². The van der Waals surface area contributed by atoms with E-state index >= 15 is 0 Å². The van der Waals surface area contributed by atoms with E-state index < -0.39 is 31.6 Å². The highest BCUT2D eigenvalue weighted by atomic mass is 32.2. The molecule has 10 nitrogen and oxygen atoms in total. The molecule has 0 bridgehead atoms. The van der Waals surface area contributed by atoms with Gasteiger partial charge in [-0.1, -0.05) is 24.3 Å². The number of hydrogen-bond donors (Lipinski definition) is 2. The van der Waals surface area contributed by atoms with Crippen LogP contribution in [0.1, 0.15) is 26.3 Å². The van der Waals surface area contributed by atoms with Crippen LogP contribution in [-0.4, -0.2) is 42.7 Å². The van der Waals surface area contributed by atoms with Crippen LogP contribution in [0.2, 0.25) is 0 Å². The van der Waals surface area contributed by atoms with E-state index in [0.29, 0.717) is 5.75 Å². The Hall–Kier alpha value is -4.68. The third-order valence-electron chi connectivity index (χ3n) is 6.28. The number of carbonyl (C=O) groups excluding carboxylic acids is 2. The molecular formula is C28H22N2O8S2. The summed E-state index contributed by atoms with van der Waals surface area (Å²) in [5, 5.41) is 2.58. The predicted molar refractivity (Wildman–Crippen MR) is 147 cm³/mol. The lowest BCUT2D eigenvalue weighted by molar-refractivity contribution is 0.101. The summed E-state index contributed by atoms with van der Waals surface area (Å²) in [6, 6.07) is 20.0. The van der Waals surface area contributed by atoms with Crippen molar-refractivity contribution in [2.75, 3.05) is 24.3 Å². The lowest BCUT2D eigenvalue weighted by Gasteiger charge is -2.19. The van der Waals surface area contributed by atoms with Crippen LogP contribution in [-0.2, 0) is 19.9 Å². The van der Waals surface area contributed by atoms with Gasteiger partial charge < -0.3 is 14.8 Å². The number of rotatable bonds is 7. The standard InChI is InChI=1S/C28H22N2O8S2/c1-37-23-9-5-4-8-21(23)30-40(35,36)18-12-14-24(38-2)22(16-18)29-28(32)17-11-13-20-26(15-17)39(33,34)25-10-6-3-7-19(25)27(20)31/h3-16,30H,1-2H3,(H,29,32). The number of amides is 1. The van der Waals surface area contributed by atoms with Gasteiger partial charge in [-0.3, -0.25) is 14.3 Å². The summed E-state index contributed by atoms with van der Waals surface area (Å²) in [7, 11) is -5.41. The molecule has 0 aliphatic carbocycles. The number of sulfone groups is 1. The lowest BCUT2D eigenvalue weighted by atomic mass is 10.0. The number of sulfonamides is 1. The summed E-state index contributed by atoms with van der Waals surface area (Å²) in [4.78, 5) is 25.5. The second-order valence-electron chi connectivity index (χ2n) is 8.66. The molecule has 2 N–H and O–H groups in total. The molecule has 0 atom stereocenters. The Labute approximate surface area is 230 Å². The van der Waals surface area contributed by atoms with Crippen LogP contribution in [0.4, 0.5) is 11.4 Å². The Balaban J connectivity index is 1.47. The lowest BCUT2D eigenvalue weighted by Crippen LogP contribution is -2.22. The van der Waals surface area contributed by atoms with Crippen LogP contribution in [0, 0.1) is 0 Å². The van der Waals surface area contributed by atoms with E-state index in [2.05, 4.69) is 10.0 Å². The molecule has 5 rings (SSSR count). The molecule has 0 saturated carbocycles.